The van der Waals surface area contributed by atoms with Crippen LogP contribution in [-0.4, -0.2) is 32.7 Å². The van der Waals surface area contributed by atoms with Crippen molar-refractivity contribution in [1.29, 1.82) is 0 Å². The SMILES string of the molecule is NS(=O)(=O)c1ccc(N2CCCC(O)C2)c(F)c1. The van der Waals surface area contributed by atoms with Crippen molar-refractivity contribution in [3.8, 4) is 0 Å². The minimum absolute atomic E-state index is 0.249. The predicted molar refractivity (Wildman–Crippen MR) is 65.2 cm³/mol. The van der Waals surface area contributed by atoms with Crippen molar-refractivity contribution in [2.24, 2.45) is 5.14 Å². The molecule has 0 aliphatic carbocycles. The van der Waals surface area contributed by atoms with Crippen molar-refractivity contribution in [2.75, 3.05) is 18.0 Å². The van der Waals surface area contributed by atoms with E-state index in [9.17, 15) is 17.9 Å². The molecule has 1 aromatic carbocycles. The third-order valence-corrected chi connectivity index (χ3v) is 3.90. The molecule has 1 aliphatic rings. The lowest BCUT2D eigenvalue weighted by atomic mass is 10.1. The minimum atomic E-state index is -3.89. The number of aliphatic hydroxyl groups excluding tert-OH is 1. The molecule has 3 N–H and O–H groups in total. The lowest BCUT2D eigenvalue weighted by Crippen LogP contribution is -2.38. The molecular formula is C11H15FN2O3S. The van der Waals surface area contributed by atoms with Gasteiger partial charge in [-0.1, -0.05) is 0 Å². The number of nitrogens with two attached hydrogens (primary N) is 1. The van der Waals surface area contributed by atoms with Gasteiger partial charge in [0.05, 0.1) is 16.7 Å². The fraction of sp³-hybridized carbons (Fsp3) is 0.455. The Balaban J connectivity index is 2.30. The first-order valence-electron chi connectivity index (χ1n) is 5.63. The molecule has 1 unspecified atom stereocenters. The lowest BCUT2D eigenvalue weighted by molar-refractivity contribution is 0.154. The number of rotatable bonds is 2. The highest BCUT2D eigenvalue weighted by atomic mass is 32.2. The Hall–Kier alpha value is -1.18. The highest BCUT2D eigenvalue weighted by Gasteiger charge is 2.21. The fourth-order valence-electron chi connectivity index (χ4n) is 2.09. The highest BCUT2D eigenvalue weighted by Crippen LogP contribution is 2.25. The summed E-state index contributed by atoms with van der Waals surface area (Å²) >= 11 is 0. The van der Waals surface area contributed by atoms with E-state index in [-0.39, 0.29) is 4.90 Å². The van der Waals surface area contributed by atoms with Gasteiger partial charge in [-0.25, -0.2) is 17.9 Å². The van der Waals surface area contributed by atoms with Crippen LogP contribution in [0.2, 0.25) is 0 Å². The molecule has 0 saturated carbocycles. The summed E-state index contributed by atoms with van der Waals surface area (Å²) in [6.07, 6.45) is 1.00. The Morgan fingerprint density at radius 2 is 2.17 bits per heavy atom. The molecule has 0 aromatic heterocycles. The minimum Gasteiger partial charge on any atom is -0.391 e. The quantitative estimate of drug-likeness (QED) is 0.819. The van der Waals surface area contributed by atoms with Crippen LogP contribution in [0.4, 0.5) is 10.1 Å². The normalized spacial score (nSPS) is 21.1. The number of hydrogen-bond donors (Lipinski definition) is 2. The van der Waals surface area contributed by atoms with Crippen LogP contribution < -0.4 is 10.0 Å². The predicted octanol–water partition coefficient (Wildman–Crippen LogP) is 0.434. The number of primary sulfonamides is 1. The molecule has 1 aliphatic heterocycles. The van der Waals surface area contributed by atoms with Crippen LogP contribution in [0, 0.1) is 5.82 Å². The summed E-state index contributed by atoms with van der Waals surface area (Å²) < 4.78 is 36.0. The second kappa shape index (κ2) is 4.83. The zero-order chi connectivity index (χ0) is 13.3. The van der Waals surface area contributed by atoms with Crippen LogP contribution in [0.15, 0.2) is 23.1 Å². The van der Waals surface area contributed by atoms with Crippen LogP contribution in [0.25, 0.3) is 0 Å². The van der Waals surface area contributed by atoms with Crippen molar-refractivity contribution in [1.82, 2.24) is 0 Å². The van der Waals surface area contributed by atoms with Gasteiger partial charge in [0.25, 0.3) is 0 Å². The Morgan fingerprint density at radius 3 is 2.72 bits per heavy atom. The van der Waals surface area contributed by atoms with Crippen LogP contribution in [-0.2, 0) is 10.0 Å². The summed E-state index contributed by atoms with van der Waals surface area (Å²) in [6.45, 7) is 0.994. The van der Waals surface area contributed by atoms with E-state index < -0.39 is 21.9 Å². The van der Waals surface area contributed by atoms with Gasteiger partial charge in [-0.05, 0) is 31.0 Å². The maximum absolute atomic E-state index is 13.8. The summed E-state index contributed by atoms with van der Waals surface area (Å²) in [4.78, 5) is 1.46. The van der Waals surface area contributed by atoms with Crippen LogP contribution >= 0.6 is 0 Å². The van der Waals surface area contributed by atoms with Crippen molar-refractivity contribution < 1.29 is 17.9 Å². The number of hydrogen-bond acceptors (Lipinski definition) is 4. The van der Waals surface area contributed by atoms with E-state index in [0.29, 0.717) is 25.2 Å². The van der Waals surface area contributed by atoms with E-state index in [1.54, 1.807) is 4.90 Å². The van der Waals surface area contributed by atoms with Gasteiger partial charge in [-0.15, -0.1) is 0 Å². The van der Waals surface area contributed by atoms with E-state index in [1.807, 2.05) is 0 Å². The molecule has 5 nitrogen and oxygen atoms in total. The molecule has 0 radical (unpaired) electrons. The van der Waals surface area contributed by atoms with Gasteiger partial charge in [0.2, 0.25) is 10.0 Å². The van der Waals surface area contributed by atoms with Gasteiger partial charge in [-0.2, -0.15) is 0 Å². The third kappa shape index (κ3) is 2.80. The summed E-state index contributed by atoms with van der Waals surface area (Å²) in [5.74, 6) is -0.643. The number of halogens is 1. The fourth-order valence-corrected chi connectivity index (χ4v) is 2.62. The van der Waals surface area contributed by atoms with Crippen LogP contribution in [0.3, 0.4) is 0 Å². The molecule has 0 bridgehead atoms. The number of benzene rings is 1. The monoisotopic (exact) mass is 274 g/mol. The summed E-state index contributed by atoms with van der Waals surface area (Å²) in [5.41, 5.74) is 0.293. The van der Waals surface area contributed by atoms with Crippen LogP contribution in [0.5, 0.6) is 0 Å². The molecule has 1 heterocycles. The first-order valence-corrected chi connectivity index (χ1v) is 7.18. The molecule has 7 heteroatoms. The summed E-state index contributed by atoms with van der Waals surface area (Å²) in [5, 5.41) is 14.5. The number of sulfonamides is 1. The maximum Gasteiger partial charge on any atom is 0.238 e. The van der Waals surface area contributed by atoms with Crippen LogP contribution in [0.1, 0.15) is 12.8 Å². The first kappa shape index (κ1) is 13.3. The second-order valence-electron chi connectivity index (χ2n) is 4.40. The molecule has 1 aromatic rings. The van der Waals surface area contributed by atoms with Gasteiger partial charge in [0, 0.05) is 13.1 Å². The Kier molecular flexibility index (Phi) is 3.56. The van der Waals surface area contributed by atoms with Gasteiger partial charge in [0.15, 0.2) is 0 Å². The number of nitrogens with zero attached hydrogens (tertiary/aromatic N) is 1. The van der Waals surface area contributed by atoms with Crippen molar-refractivity contribution in [3.05, 3.63) is 24.0 Å². The highest BCUT2D eigenvalue weighted by molar-refractivity contribution is 7.89. The maximum atomic E-state index is 13.8. The number of β-amino-alcohol motifs (C(OH)–C–C–N with tert-alkyl or cyclic N) is 1. The number of aliphatic hydroxyl groups is 1. The zero-order valence-electron chi connectivity index (χ0n) is 9.71. The topological polar surface area (TPSA) is 83.6 Å². The summed E-state index contributed by atoms with van der Waals surface area (Å²) in [7, 11) is -3.89. The average molecular weight is 274 g/mol. The van der Waals surface area contributed by atoms with E-state index >= 15 is 0 Å². The average Bonchev–Trinajstić information content (AvgIpc) is 2.27. The first-order chi connectivity index (χ1) is 8.38. The third-order valence-electron chi connectivity index (χ3n) is 2.98. The Morgan fingerprint density at radius 1 is 1.44 bits per heavy atom. The molecule has 2 rings (SSSR count). The molecule has 100 valence electrons. The molecule has 1 atom stereocenters. The van der Waals surface area contributed by atoms with Crippen molar-refractivity contribution in [2.45, 2.75) is 23.8 Å². The van der Waals surface area contributed by atoms with Gasteiger partial charge >= 0.3 is 0 Å². The molecule has 1 saturated heterocycles. The molecule has 0 spiro atoms. The molecule has 18 heavy (non-hydrogen) atoms. The van der Waals surface area contributed by atoms with E-state index in [1.165, 1.54) is 12.1 Å². The van der Waals surface area contributed by atoms with Gasteiger partial charge in [-0.3, -0.25) is 0 Å². The van der Waals surface area contributed by atoms with Gasteiger partial charge in [0.1, 0.15) is 5.82 Å². The Labute approximate surface area is 105 Å². The van der Waals surface area contributed by atoms with Crippen molar-refractivity contribution >= 4 is 15.7 Å². The smallest absolute Gasteiger partial charge is 0.238 e. The molecule has 1 fully saturated rings. The molecule has 0 amide bonds. The second-order valence-corrected chi connectivity index (χ2v) is 5.96. The molecular weight excluding hydrogens is 259 g/mol. The number of anilines is 1. The van der Waals surface area contributed by atoms with Crippen molar-refractivity contribution in [3.63, 3.8) is 0 Å². The lowest BCUT2D eigenvalue weighted by Gasteiger charge is -2.32. The largest absolute Gasteiger partial charge is 0.391 e. The van der Waals surface area contributed by atoms with E-state index in [0.717, 1.165) is 12.5 Å². The number of piperidine rings is 1. The standard InChI is InChI=1S/C11H15FN2O3S/c12-10-6-9(18(13,16)17)3-4-11(10)14-5-1-2-8(15)7-14/h3-4,6,8,15H,1-2,5,7H2,(H2,13,16,17). The van der Waals surface area contributed by atoms with E-state index in [4.69, 9.17) is 5.14 Å². The Bertz CT molecular complexity index is 547. The van der Waals surface area contributed by atoms with E-state index in [2.05, 4.69) is 0 Å². The summed E-state index contributed by atoms with van der Waals surface area (Å²) in [6, 6.07) is 3.56. The zero-order valence-corrected chi connectivity index (χ0v) is 10.5. The van der Waals surface area contributed by atoms with Gasteiger partial charge < -0.3 is 10.0 Å².